The molecule has 0 aliphatic carbocycles. The fraction of sp³-hybridized carbons (Fsp3) is 0.786. The standard InChI is InChI=1S/C28H50N8O9S2/c1-5-44-14-15-45-13-12-29-21(37)10-8-19(24(40)41)32-23(39)11-9-20(25(42)43)31-22(38)7-6-16-47-30-18-28(4,46)17-27(2,3)26-33-35-36-34-26/h19-20,30,46H,5-18H2,1-4H3,(H,29,37)(H,31,38)(H,32,39)(H,40,41)(H,42,43)(H,33,34,35,36). The number of carbonyl (C=O) groups is 5. The highest BCUT2D eigenvalue weighted by molar-refractivity contribution is 7.97. The number of nitrogens with zero attached hydrogens (tertiary/aromatic N) is 3. The predicted molar refractivity (Wildman–Crippen MR) is 177 cm³/mol. The molecule has 0 saturated carbocycles. The first-order valence-electron chi connectivity index (χ1n) is 15.4. The molecular weight excluding hydrogens is 656 g/mol. The molecule has 0 fully saturated rings. The number of hydrogen-bond donors (Lipinski definition) is 8. The van der Waals surface area contributed by atoms with Crippen LogP contribution in [0.3, 0.4) is 0 Å². The first-order chi connectivity index (χ1) is 22.2. The number of nitrogens with one attached hydrogen (secondary N) is 5. The lowest BCUT2D eigenvalue weighted by molar-refractivity contribution is -0.143. The van der Waals surface area contributed by atoms with Crippen molar-refractivity contribution in [1.29, 1.82) is 0 Å². The van der Waals surface area contributed by atoms with E-state index in [1.54, 1.807) is 0 Å². The van der Waals surface area contributed by atoms with Crippen LogP contribution in [0.25, 0.3) is 0 Å². The highest BCUT2D eigenvalue weighted by Gasteiger charge is 2.33. The van der Waals surface area contributed by atoms with Crippen LogP contribution in [-0.4, -0.2) is 123 Å². The number of aromatic amines is 1. The van der Waals surface area contributed by atoms with E-state index in [4.69, 9.17) is 22.1 Å². The minimum absolute atomic E-state index is 0.0802. The molecule has 47 heavy (non-hydrogen) atoms. The van der Waals surface area contributed by atoms with E-state index < -0.39 is 41.7 Å². The molecule has 3 amide bonds. The largest absolute Gasteiger partial charge is 0.480 e. The van der Waals surface area contributed by atoms with Crippen molar-refractivity contribution >= 4 is 54.2 Å². The zero-order valence-corrected chi connectivity index (χ0v) is 29.2. The maximum absolute atomic E-state index is 12.4. The molecule has 0 bridgehead atoms. The topological polar surface area (TPSA) is 247 Å². The molecule has 7 N–H and O–H groups in total. The van der Waals surface area contributed by atoms with Gasteiger partial charge in [-0.15, -0.1) is 5.10 Å². The number of tetrazole rings is 1. The van der Waals surface area contributed by atoms with E-state index >= 15 is 0 Å². The minimum atomic E-state index is -1.34. The number of carbonyl (C=O) groups excluding carboxylic acids is 3. The molecule has 3 atom stereocenters. The van der Waals surface area contributed by atoms with Crippen molar-refractivity contribution in [3.8, 4) is 0 Å². The maximum atomic E-state index is 12.4. The van der Waals surface area contributed by atoms with Crippen molar-refractivity contribution in [2.45, 2.75) is 94.9 Å². The number of carboxylic acids is 2. The van der Waals surface area contributed by atoms with Gasteiger partial charge in [-0.1, -0.05) is 25.8 Å². The van der Waals surface area contributed by atoms with Crippen molar-refractivity contribution < 1.29 is 43.7 Å². The third-order valence-corrected chi connectivity index (χ3v) is 7.90. The van der Waals surface area contributed by atoms with E-state index in [0.717, 1.165) is 0 Å². The normalized spacial score (nSPS) is 14.1. The van der Waals surface area contributed by atoms with Crippen LogP contribution in [0, 0.1) is 0 Å². The molecule has 0 aliphatic heterocycles. The summed E-state index contributed by atoms with van der Waals surface area (Å²) < 4.78 is 13.3. The van der Waals surface area contributed by atoms with Crippen LogP contribution in [-0.2, 0) is 38.9 Å². The van der Waals surface area contributed by atoms with Crippen LogP contribution in [0.2, 0.25) is 0 Å². The molecular formula is C28H50N8O9S2. The van der Waals surface area contributed by atoms with Gasteiger partial charge in [0.05, 0.1) is 19.8 Å². The second-order valence-corrected chi connectivity index (χ2v) is 13.8. The molecule has 0 saturated heterocycles. The van der Waals surface area contributed by atoms with Gasteiger partial charge in [0.1, 0.15) is 12.1 Å². The molecule has 268 valence electrons. The van der Waals surface area contributed by atoms with Crippen molar-refractivity contribution in [1.82, 2.24) is 41.3 Å². The zero-order valence-electron chi connectivity index (χ0n) is 27.5. The molecule has 1 heterocycles. The summed E-state index contributed by atoms with van der Waals surface area (Å²) in [7, 11) is 0. The maximum Gasteiger partial charge on any atom is 0.326 e. The first-order valence-corrected chi connectivity index (χ1v) is 16.9. The lowest BCUT2D eigenvalue weighted by atomic mass is 9.82. The minimum Gasteiger partial charge on any atom is -0.480 e. The molecule has 0 radical (unpaired) electrons. The Morgan fingerprint density at radius 2 is 1.51 bits per heavy atom. The smallest absolute Gasteiger partial charge is 0.326 e. The predicted octanol–water partition coefficient (Wildman–Crippen LogP) is 0.442. The lowest BCUT2D eigenvalue weighted by Gasteiger charge is -2.32. The summed E-state index contributed by atoms with van der Waals surface area (Å²) in [5, 5.41) is 40.3. The van der Waals surface area contributed by atoms with E-state index in [0.29, 0.717) is 50.8 Å². The van der Waals surface area contributed by atoms with Gasteiger partial charge in [-0.05, 0) is 50.0 Å². The van der Waals surface area contributed by atoms with Gasteiger partial charge in [0.25, 0.3) is 0 Å². The number of ether oxygens (including phenoxy) is 2. The SMILES string of the molecule is CCOCCOCCNC(=O)CCC(NC(=O)CCC(NC(=O)CCCSNCC(C)(S)CC(C)(C)c1nnn[nH]1)C(=O)O)C(=O)O. The average Bonchev–Trinajstić information content (AvgIpc) is 3.54. The molecule has 0 spiro atoms. The van der Waals surface area contributed by atoms with E-state index in [-0.39, 0.29) is 55.4 Å². The third-order valence-electron chi connectivity index (χ3n) is 6.75. The van der Waals surface area contributed by atoms with Crippen LogP contribution in [0.4, 0.5) is 0 Å². The fourth-order valence-electron chi connectivity index (χ4n) is 4.44. The Morgan fingerprint density at radius 1 is 0.915 bits per heavy atom. The number of H-pyrrole nitrogens is 1. The van der Waals surface area contributed by atoms with Gasteiger partial charge in [-0.25, -0.2) is 14.7 Å². The van der Waals surface area contributed by atoms with Gasteiger partial charge in [-0.2, -0.15) is 12.6 Å². The van der Waals surface area contributed by atoms with Crippen LogP contribution in [0.5, 0.6) is 0 Å². The number of aromatic nitrogens is 4. The molecule has 1 aromatic rings. The highest BCUT2D eigenvalue weighted by Crippen LogP contribution is 2.33. The van der Waals surface area contributed by atoms with E-state index in [2.05, 4.69) is 41.3 Å². The molecule has 17 nitrogen and oxygen atoms in total. The number of rotatable bonds is 27. The molecule has 19 heteroatoms. The quantitative estimate of drug-likeness (QED) is 0.0352. The van der Waals surface area contributed by atoms with Crippen LogP contribution in [0.1, 0.15) is 78.5 Å². The van der Waals surface area contributed by atoms with Crippen molar-refractivity contribution in [2.24, 2.45) is 0 Å². The summed E-state index contributed by atoms with van der Waals surface area (Å²) >= 11 is 6.20. The van der Waals surface area contributed by atoms with Gasteiger partial charge in [0.2, 0.25) is 17.7 Å². The Morgan fingerprint density at radius 3 is 2.09 bits per heavy atom. The summed E-state index contributed by atoms with van der Waals surface area (Å²) in [6, 6.07) is -2.66. The number of carboxylic acid groups (broad SMARTS) is 2. The van der Waals surface area contributed by atoms with Crippen LogP contribution < -0.4 is 20.7 Å². The first kappa shape index (κ1) is 42.0. The van der Waals surface area contributed by atoms with Gasteiger partial charge in [-0.3, -0.25) is 19.1 Å². The van der Waals surface area contributed by atoms with Gasteiger partial charge in [0, 0.05) is 54.9 Å². The fourth-order valence-corrected chi connectivity index (χ4v) is 5.88. The number of amides is 3. The summed E-state index contributed by atoms with van der Waals surface area (Å²) in [4.78, 5) is 60.0. The Kier molecular flexibility index (Phi) is 20.2. The van der Waals surface area contributed by atoms with Crippen molar-refractivity contribution in [2.75, 3.05) is 45.3 Å². The molecule has 0 aliphatic rings. The summed E-state index contributed by atoms with van der Waals surface area (Å²) in [5.74, 6) is -2.97. The Balaban J connectivity index is 2.32. The zero-order chi connectivity index (χ0) is 35.3. The summed E-state index contributed by atoms with van der Waals surface area (Å²) in [6.07, 6.45) is 0.367. The third kappa shape index (κ3) is 19.4. The van der Waals surface area contributed by atoms with Crippen LogP contribution in [0.15, 0.2) is 0 Å². The van der Waals surface area contributed by atoms with Gasteiger partial charge >= 0.3 is 11.9 Å². The second kappa shape index (κ2) is 22.5. The Bertz CT molecular complexity index is 1110. The van der Waals surface area contributed by atoms with Crippen molar-refractivity contribution in [3.63, 3.8) is 0 Å². The monoisotopic (exact) mass is 706 g/mol. The number of hydrogen-bond acceptors (Lipinski definition) is 13. The number of aliphatic carboxylic acids is 2. The second-order valence-electron chi connectivity index (χ2n) is 11.7. The molecule has 1 aromatic heterocycles. The van der Waals surface area contributed by atoms with E-state index in [1.165, 1.54) is 11.9 Å². The Hall–Kier alpha value is -3.00. The van der Waals surface area contributed by atoms with Crippen molar-refractivity contribution in [3.05, 3.63) is 5.82 Å². The number of thiol groups is 1. The molecule has 1 rings (SSSR count). The molecule has 3 unspecified atom stereocenters. The van der Waals surface area contributed by atoms with Crippen LogP contribution >= 0.6 is 24.6 Å². The average molecular weight is 707 g/mol. The van der Waals surface area contributed by atoms with E-state index in [9.17, 15) is 34.2 Å². The lowest BCUT2D eigenvalue weighted by Crippen LogP contribution is -2.44. The van der Waals surface area contributed by atoms with Gasteiger partial charge in [0.15, 0.2) is 5.82 Å². The Labute approximate surface area is 284 Å². The summed E-state index contributed by atoms with van der Waals surface area (Å²) in [6.45, 7) is 10.4. The van der Waals surface area contributed by atoms with Gasteiger partial charge < -0.3 is 35.6 Å². The highest BCUT2D eigenvalue weighted by atomic mass is 32.2. The molecule has 0 aromatic carbocycles. The van der Waals surface area contributed by atoms with E-state index in [1.807, 2.05) is 27.7 Å². The summed E-state index contributed by atoms with van der Waals surface area (Å²) in [5.41, 5.74) is -0.317.